The summed E-state index contributed by atoms with van der Waals surface area (Å²) in [7, 11) is 0. The maximum Gasteiger partial charge on any atom is 0.231 e. The number of anilines is 1. The van der Waals surface area contributed by atoms with Crippen LogP contribution in [0.1, 0.15) is 49.0 Å². The Morgan fingerprint density at radius 2 is 1.61 bits per heavy atom. The average molecular weight is 491 g/mol. The first-order valence-electron chi connectivity index (χ1n) is 12.9. The molecule has 1 atom stereocenters. The lowest BCUT2D eigenvalue weighted by Gasteiger charge is -2.36. The van der Waals surface area contributed by atoms with Crippen molar-refractivity contribution in [1.29, 1.82) is 0 Å². The minimum atomic E-state index is -0.193. The fourth-order valence-corrected chi connectivity index (χ4v) is 4.93. The number of ether oxygens (including phenoxy) is 3. The van der Waals surface area contributed by atoms with Crippen molar-refractivity contribution in [3.63, 3.8) is 0 Å². The quantitative estimate of drug-likeness (QED) is 0.369. The highest BCUT2D eigenvalue weighted by Crippen LogP contribution is 2.37. The van der Waals surface area contributed by atoms with Gasteiger partial charge >= 0.3 is 0 Å². The first kappa shape index (κ1) is 24.4. The van der Waals surface area contributed by atoms with Gasteiger partial charge in [-0.1, -0.05) is 26.0 Å². The number of halogens is 1. The van der Waals surface area contributed by atoms with Gasteiger partial charge in [0.2, 0.25) is 6.79 Å². The van der Waals surface area contributed by atoms with Gasteiger partial charge in [0.1, 0.15) is 17.7 Å². The molecule has 190 valence electrons. The van der Waals surface area contributed by atoms with Crippen LogP contribution in [0.2, 0.25) is 0 Å². The molecule has 0 radical (unpaired) electrons. The van der Waals surface area contributed by atoms with Crippen LogP contribution in [0.25, 0.3) is 0 Å². The highest BCUT2D eigenvalue weighted by atomic mass is 19.1. The van der Waals surface area contributed by atoms with Crippen molar-refractivity contribution >= 4 is 5.69 Å². The molecule has 1 unspecified atom stereocenters. The second-order valence-corrected chi connectivity index (χ2v) is 10.0. The van der Waals surface area contributed by atoms with Gasteiger partial charge in [-0.3, -0.25) is 4.90 Å². The second kappa shape index (κ2) is 10.8. The van der Waals surface area contributed by atoms with Gasteiger partial charge in [-0.25, -0.2) is 4.39 Å². The number of nitrogens with zero attached hydrogens (tertiary/aromatic N) is 2. The molecule has 3 aromatic carbocycles. The summed E-state index contributed by atoms with van der Waals surface area (Å²) >= 11 is 0. The molecule has 3 aromatic rings. The van der Waals surface area contributed by atoms with E-state index in [9.17, 15) is 4.39 Å². The zero-order valence-electron chi connectivity index (χ0n) is 21.4. The first-order chi connectivity index (χ1) is 17.4. The third-order valence-electron chi connectivity index (χ3n) is 7.06. The third kappa shape index (κ3) is 5.76. The highest BCUT2D eigenvalue weighted by molar-refractivity contribution is 5.47. The van der Waals surface area contributed by atoms with E-state index in [0.29, 0.717) is 5.92 Å². The Hall–Kier alpha value is -3.25. The van der Waals surface area contributed by atoms with Gasteiger partial charge in [-0.05, 0) is 78.1 Å². The van der Waals surface area contributed by atoms with Crippen LogP contribution >= 0.6 is 0 Å². The number of hydrogen-bond acceptors (Lipinski definition) is 5. The zero-order valence-corrected chi connectivity index (χ0v) is 21.4. The minimum Gasteiger partial charge on any atom is -0.486 e. The number of piperazine rings is 1. The molecule has 5 rings (SSSR count). The molecule has 2 aliphatic heterocycles. The van der Waals surface area contributed by atoms with Crippen LogP contribution in [-0.4, -0.2) is 44.4 Å². The first-order valence-corrected chi connectivity index (χ1v) is 12.9. The molecule has 5 nitrogen and oxygen atoms in total. The Morgan fingerprint density at radius 3 is 2.36 bits per heavy atom. The van der Waals surface area contributed by atoms with Crippen molar-refractivity contribution < 1.29 is 18.6 Å². The lowest BCUT2D eigenvalue weighted by molar-refractivity contribution is 0.159. The van der Waals surface area contributed by atoms with Crippen molar-refractivity contribution in [2.24, 2.45) is 0 Å². The van der Waals surface area contributed by atoms with Gasteiger partial charge in [-0.2, -0.15) is 0 Å². The molecular weight excluding hydrogens is 455 g/mol. The van der Waals surface area contributed by atoms with Crippen molar-refractivity contribution in [3.8, 4) is 17.2 Å². The molecule has 0 bridgehead atoms. The minimum absolute atomic E-state index is 0.101. The summed E-state index contributed by atoms with van der Waals surface area (Å²) in [5.74, 6) is 2.71. The van der Waals surface area contributed by atoms with E-state index in [1.165, 1.54) is 23.3 Å². The highest BCUT2D eigenvalue weighted by Gasteiger charge is 2.23. The summed E-state index contributed by atoms with van der Waals surface area (Å²) < 4.78 is 31.1. The summed E-state index contributed by atoms with van der Waals surface area (Å²) in [6.07, 6.45) is 0.762. The summed E-state index contributed by atoms with van der Waals surface area (Å²) in [5.41, 5.74) is 4.67. The van der Waals surface area contributed by atoms with Gasteiger partial charge in [0.05, 0.1) is 0 Å². The lowest BCUT2D eigenvalue weighted by atomic mass is 10.0. The Morgan fingerprint density at radius 1 is 0.861 bits per heavy atom. The Balaban J connectivity index is 1.28. The molecule has 0 aliphatic carbocycles. The molecule has 0 spiro atoms. The predicted molar refractivity (Wildman–Crippen MR) is 141 cm³/mol. The smallest absolute Gasteiger partial charge is 0.231 e. The van der Waals surface area contributed by atoms with Crippen molar-refractivity contribution in [3.05, 3.63) is 83.2 Å². The van der Waals surface area contributed by atoms with Crippen molar-refractivity contribution in [2.45, 2.75) is 39.2 Å². The van der Waals surface area contributed by atoms with E-state index < -0.39 is 0 Å². The number of benzene rings is 3. The third-order valence-corrected chi connectivity index (χ3v) is 7.06. The fraction of sp³-hybridized carbons (Fsp3) is 0.400. The monoisotopic (exact) mass is 490 g/mol. The lowest BCUT2D eigenvalue weighted by Crippen LogP contribution is -2.46. The normalized spacial score (nSPS) is 16.4. The maximum atomic E-state index is 13.3. The second-order valence-electron chi connectivity index (χ2n) is 10.0. The molecule has 0 amide bonds. The standard InChI is InChI=1S/C30H35FN2O3/c1-21(2)24-16-22(3)17-27(18-24)36-28(23-4-9-29-30(19-23)35-20-34-29)10-11-32-12-14-33(15-13-32)26-7-5-25(31)6-8-26/h4-9,16-19,21,28H,10-15,20H2,1-3H3. The number of rotatable bonds is 8. The molecule has 36 heavy (non-hydrogen) atoms. The maximum absolute atomic E-state index is 13.3. The van der Waals surface area contributed by atoms with E-state index in [-0.39, 0.29) is 18.7 Å². The van der Waals surface area contributed by atoms with E-state index in [0.717, 1.165) is 67.6 Å². The number of fused-ring (bicyclic) bond motifs is 1. The van der Waals surface area contributed by atoms with Gasteiger partial charge in [-0.15, -0.1) is 0 Å². The molecule has 1 fully saturated rings. The van der Waals surface area contributed by atoms with Crippen molar-refractivity contribution in [1.82, 2.24) is 4.90 Å². The summed E-state index contributed by atoms with van der Waals surface area (Å²) in [6.45, 7) is 11.5. The molecule has 1 saturated heterocycles. The molecule has 0 saturated carbocycles. The van der Waals surface area contributed by atoms with Crippen LogP contribution in [0.15, 0.2) is 60.7 Å². The van der Waals surface area contributed by atoms with Gasteiger partial charge in [0.25, 0.3) is 0 Å². The molecule has 6 heteroatoms. The molecule has 2 heterocycles. The van der Waals surface area contributed by atoms with E-state index in [1.807, 2.05) is 18.2 Å². The summed E-state index contributed by atoms with van der Waals surface area (Å²) in [5, 5.41) is 0. The Kier molecular flexibility index (Phi) is 7.33. The van der Waals surface area contributed by atoms with Crippen LogP contribution < -0.4 is 19.1 Å². The van der Waals surface area contributed by atoms with Gasteiger partial charge < -0.3 is 19.1 Å². The van der Waals surface area contributed by atoms with E-state index in [2.05, 4.69) is 60.9 Å². The molecule has 2 aliphatic rings. The van der Waals surface area contributed by atoms with Crippen LogP contribution in [0, 0.1) is 12.7 Å². The van der Waals surface area contributed by atoms with Crippen LogP contribution in [0.4, 0.5) is 10.1 Å². The summed E-state index contributed by atoms with van der Waals surface area (Å²) in [4.78, 5) is 4.81. The number of aryl methyl sites for hydroxylation is 1. The van der Waals surface area contributed by atoms with E-state index in [1.54, 1.807) is 0 Å². The molecular formula is C30H35FN2O3. The Labute approximate surface area is 213 Å². The largest absolute Gasteiger partial charge is 0.486 e. The SMILES string of the molecule is Cc1cc(OC(CCN2CCN(c3ccc(F)cc3)CC2)c2ccc3c(c2)OCO3)cc(C(C)C)c1. The van der Waals surface area contributed by atoms with E-state index >= 15 is 0 Å². The number of hydrogen-bond donors (Lipinski definition) is 0. The average Bonchev–Trinajstić information content (AvgIpc) is 3.35. The van der Waals surface area contributed by atoms with Gasteiger partial charge in [0, 0.05) is 44.8 Å². The van der Waals surface area contributed by atoms with Crippen LogP contribution in [0.5, 0.6) is 17.2 Å². The van der Waals surface area contributed by atoms with Gasteiger partial charge in [0.15, 0.2) is 11.5 Å². The fourth-order valence-electron chi connectivity index (χ4n) is 4.93. The molecule has 0 aromatic heterocycles. The van der Waals surface area contributed by atoms with E-state index in [4.69, 9.17) is 14.2 Å². The van der Waals surface area contributed by atoms with Crippen LogP contribution in [0.3, 0.4) is 0 Å². The van der Waals surface area contributed by atoms with Crippen molar-refractivity contribution in [2.75, 3.05) is 44.4 Å². The predicted octanol–water partition coefficient (Wildman–Crippen LogP) is 6.32. The Bertz CT molecular complexity index is 1170. The molecule has 0 N–H and O–H groups in total. The zero-order chi connectivity index (χ0) is 25.1. The van der Waals surface area contributed by atoms with Crippen LogP contribution in [-0.2, 0) is 0 Å². The topological polar surface area (TPSA) is 34.2 Å². The summed E-state index contributed by atoms with van der Waals surface area (Å²) in [6, 6.07) is 19.4.